The number of rotatable bonds is 7. The Morgan fingerprint density at radius 1 is 1.00 bits per heavy atom. The lowest BCUT2D eigenvalue weighted by atomic mass is 10.1. The van der Waals surface area contributed by atoms with Crippen LogP contribution < -0.4 is 16.0 Å². The Hall–Kier alpha value is -2.66. The van der Waals surface area contributed by atoms with Gasteiger partial charge in [-0.2, -0.15) is 0 Å². The molecule has 2 aromatic rings. The molecule has 0 aliphatic rings. The SMILES string of the molecule is CNCCC(=O)Nc1ccccc1C(=O)NCc1ccc(C)cc1. The van der Waals surface area contributed by atoms with E-state index in [-0.39, 0.29) is 11.8 Å². The van der Waals surface area contributed by atoms with E-state index in [4.69, 9.17) is 0 Å². The molecule has 0 bridgehead atoms. The van der Waals surface area contributed by atoms with Crippen molar-refractivity contribution in [3.8, 4) is 0 Å². The van der Waals surface area contributed by atoms with Gasteiger partial charge in [0.2, 0.25) is 5.91 Å². The molecule has 0 spiro atoms. The van der Waals surface area contributed by atoms with E-state index in [0.29, 0.717) is 30.8 Å². The zero-order chi connectivity index (χ0) is 17.4. The highest BCUT2D eigenvalue weighted by molar-refractivity contribution is 6.03. The second kappa shape index (κ2) is 8.84. The molecule has 0 aromatic heterocycles. The van der Waals surface area contributed by atoms with Gasteiger partial charge in [0.15, 0.2) is 0 Å². The van der Waals surface area contributed by atoms with E-state index in [1.54, 1.807) is 31.3 Å². The molecule has 5 heteroatoms. The number of para-hydroxylation sites is 1. The molecule has 0 atom stereocenters. The number of hydrogen-bond donors (Lipinski definition) is 3. The molecule has 0 saturated heterocycles. The molecule has 0 aliphatic heterocycles. The molecular formula is C19H23N3O2. The number of aryl methyl sites for hydroxylation is 1. The maximum absolute atomic E-state index is 12.4. The van der Waals surface area contributed by atoms with E-state index >= 15 is 0 Å². The largest absolute Gasteiger partial charge is 0.348 e. The van der Waals surface area contributed by atoms with Crippen molar-refractivity contribution in [3.05, 3.63) is 65.2 Å². The quantitative estimate of drug-likeness (QED) is 0.732. The highest BCUT2D eigenvalue weighted by Crippen LogP contribution is 2.15. The van der Waals surface area contributed by atoms with Gasteiger partial charge < -0.3 is 16.0 Å². The fourth-order valence-corrected chi connectivity index (χ4v) is 2.22. The highest BCUT2D eigenvalue weighted by Gasteiger charge is 2.12. The third kappa shape index (κ3) is 5.21. The molecule has 2 aromatic carbocycles. The van der Waals surface area contributed by atoms with Gasteiger partial charge in [0.1, 0.15) is 0 Å². The van der Waals surface area contributed by atoms with Gasteiger partial charge >= 0.3 is 0 Å². The molecule has 0 unspecified atom stereocenters. The van der Waals surface area contributed by atoms with Crippen molar-refractivity contribution in [2.24, 2.45) is 0 Å². The number of carbonyl (C=O) groups excluding carboxylic acids is 2. The van der Waals surface area contributed by atoms with Crippen molar-refractivity contribution in [1.82, 2.24) is 10.6 Å². The maximum Gasteiger partial charge on any atom is 0.253 e. The minimum atomic E-state index is -0.208. The van der Waals surface area contributed by atoms with E-state index in [1.165, 1.54) is 5.56 Å². The van der Waals surface area contributed by atoms with Gasteiger partial charge in [0.05, 0.1) is 11.3 Å². The van der Waals surface area contributed by atoms with E-state index in [1.807, 2.05) is 31.2 Å². The van der Waals surface area contributed by atoms with Crippen molar-refractivity contribution in [1.29, 1.82) is 0 Å². The summed E-state index contributed by atoms with van der Waals surface area (Å²) >= 11 is 0. The lowest BCUT2D eigenvalue weighted by molar-refractivity contribution is -0.116. The molecule has 0 saturated carbocycles. The summed E-state index contributed by atoms with van der Waals surface area (Å²) in [6.07, 6.45) is 0.357. The fraction of sp³-hybridized carbons (Fsp3) is 0.263. The molecule has 126 valence electrons. The monoisotopic (exact) mass is 325 g/mol. The van der Waals surface area contributed by atoms with Crippen LogP contribution in [0, 0.1) is 6.92 Å². The van der Waals surface area contributed by atoms with E-state index in [2.05, 4.69) is 16.0 Å². The smallest absolute Gasteiger partial charge is 0.253 e. The Morgan fingerprint density at radius 2 is 1.71 bits per heavy atom. The maximum atomic E-state index is 12.4. The van der Waals surface area contributed by atoms with Crippen LogP contribution in [0.1, 0.15) is 27.9 Å². The van der Waals surface area contributed by atoms with Crippen molar-refractivity contribution < 1.29 is 9.59 Å². The van der Waals surface area contributed by atoms with Crippen molar-refractivity contribution in [2.45, 2.75) is 19.9 Å². The molecular weight excluding hydrogens is 302 g/mol. The summed E-state index contributed by atoms with van der Waals surface area (Å²) in [5.41, 5.74) is 3.20. The van der Waals surface area contributed by atoms with E-state index in [0.717, 1.165) is 5.56 Å². The van der Waals surface area contributed by atoms with Crippen LogP contribution in [-0.2, 0) is 11.3 Å². The van der Waals surface area contributed by atoms with Crippen LogP contribution in [-0.4, -0.2) is 25.4 Å². The number of anilines is 1. The van der Waals surface area contributed by atoms with Crippen LogP contribution in [0.25, 0.3) is 0 Å². The second-order valence-electron chi connectivity index (χ2n) is 5.62. The van der Waals surface area contributed by atoms with E-state index < -0.39 is 0 Å². The summed E-state index contributed by atoms with van der Waals surface area (Å²) in [7, 11) is 1.79. The first-order valence-electron chi connectivity index (χ1n) is 7.97. The Bertz CT molecular complexity index is 696. The molecule has 0 fully saturated rings. The van der Waals surface area contributed by atoms with Gasteiger partial charge in [0.25, 0.3) is 5.91 Å². The van der Waals surface area contributed by atoms with E-state index in [9.17, 15) is 9.59 Å². The zero-order valence-corrected chi connectivity index (χ0v) is 14.1. The van der Waals surface area contributed by atoms with Crippen LogP contribution in [0.3, 0.4) is 0 Å². The Balaban J connectivity index is 2.01. The highest BCUT2D eigenvalue weighted by atomic mass is 16.2. The van der Waals surface area contributed by atoms with Crippen LogP contribution >= 0.6 is 0 Å². The standard InChI is InChI=1S/C19H23N3O2/c1-14-7-9-15(10-8-14)13-21-19(24)16-5-3-4-6-17(16)22-18(23)11-12-20-2/h3-10,20H,11-13H2,1-2H3,(H,21,24)(H,22,23). The van der Waals surface area contributed by atoms with Crippen LogP contribution in [0.2, 0.25) is 0 Å². The van der Waals surface area contributed by atoms with Gasteiger partial charge in [0, 0.05) is 19.5 Å². The second-order valence-corrected chi connectivity index (χ2v) is 5.62. The number of nitrogens with one attached hydrogen (secondary N) is 3. The number of amides is 2. The third-order valence-corrected chi connectivity index (χ3v) is 3.62. The van der Waals surface area contributed by atoms with Gasteiger partial charge in [-0.05, 0) is 31.7 Å². The minimum Gasteiger partial charge on any atom is -0.348 e. The first-order chi connectivity index (χ1) is 11.6. The molecule has 0 heterocycles. The normalized spacial score (nSPS) is 10.2. The predicted molar refractivity (Wildman–Crippen MR) is 96.0 cm³/mol. The fourth-order valence-electron chi connectivity index (χ4n) is 2.22. The lowest BCUT2D eigenvalue weighted by Crippen LogP contribution is -2.25. The molecule has 0 aliphatic carbocycles. The molecule has 5 nitrogen and oxygen atoms in total. The lowest BCUT2D eigenvalue weighted by Gasteiger charge is -2.11. The summed E-state index contributed by atoms with van der Waals surface area (Å²) in [6, 6.07) is 15.0. The predicted octanol–water partition coefficient (Wildman–Crippen LogP) is 2.47. The van der Waals surface area contributed by atoms with Crippen LogP contribution in [0.5, 0.6) is 0 Å². The summed E-state index contributed by atoms with van der Waals surface area (Å²) in [5, 5.41) is 8.61. The Morgan fingerprint density at radius 3 is 2.42 bits per heavy atom. The summed E-state index contributed by atoms with van der Waals surface area (Å²) in [5.74, 6) is -0.330. The third-order valence-electron chi connectivity index (χ3n) is 3.62. The Labute approximate surface area is 142 Å². The molecule has 2 amide bonds. The summed E-state index contributed by atoms with van der Waals surface area (Å²) in [4.78, 5) is 24.3. The molecule has 0 radical (unpaired) electrons. The first kappa shape index (κ1) is 17.7. The number of carbonyl (C=O) groups is 2. The van der Waals surface area contributed by atoms with Gasteiger partial charge in [-0.25, -0.2) is 0 Å². The molecule has 3 N–H and O–H groups in total. The topological polar surface area (TPSA) is 70.2 Å². The first-order valence-corrected chi connectivity index (χ1v) is 7.97. The zero-order valence-electron chi connectivity index (χ0n) is 14.1. The summed E-state index contributed by atoms with van der Waals surface area (Å²) < 4.78 is 0. The number of hydrogen-bond acceptors (Lipinski definition) is 3. The van der Waals surface area contributed by atoms with Crippen molar-refractivity contribution in [2.75, 3.05) is 18.9 Å². The average molecular weight is 325 g/mol. The summed E-state index contributed by atoms with van der Waals surface area (Å²) in [6.45, 7) is 3.06. The number of benzene rings is 2. The minimum absolute atomic E-state index is 0.122. The van der Waals surface area contributed by atoms with Gasteiger partial charge in [-0.1, -0.05) is 42.0 Å². The van der Waals surface area contributed by atoms with Gasteiger partial charge in [-0.3, -0.25) is 9.59 Å². The van der Waals surface area contributed by atoms with Crippen molar-refractivity contribution in [3.63, 3.8) is 0 Å². The molecule has 2 rings (SSSR count). The average Bonchev–Trinajstić information content (AvgIpc) is 2.59. The van der Waals surface area contributed by atoms with Crippen LogP contribution in [0.15, 0.2) is 48.5 Å². The molecule has 24 heavy (non-hydrogen) atoms. The Kier molecular flexibility index (Phi) is 6.51. The van der Waals surface area contributed by atoms with Crippen molar-refractivity contribution >= 4 is 17.5 Å². The van der Waals surface area contributed by atoms with Gasteiger partial charge in [-0.15, -0.1) is 0 Å². The van der Waals surface area contributed by atoms with Crippen LogP contribution in [0.4, 0.5) is 5.69 Å².